The van der Waals surface area contributed by atoms with E-state index < -0.39 is 6.04 Å². The zero-order valence-corrected chi connectivity index (χ0v) is 9.96. The molecule has 1 aromatic rings. The maximum atomic E-state index is 12.2. The number of amides is 2. The van der Waals surface area contributed by atoms with Gasteiger partial charge in [-0.2, -0.15) is 0 Å². The third kappa shape index (κ3) is 2.13. The second-order valence-electron chi connectivity index (χ2n) is 4.15. The minimum Gasteiger partial charge on any atom is -0.342 e. The van der Waals surface area contributed by atoms with E-state index in [4.69, 9.17) is 0 Å². The van der Waals surface area contributed by atoms with Crippen molar-refractivity contribution in [2.45, 2.75) is 13.0 Å². The fourth-order valence-electron chi connectivity index (χ4n) is 1.93. The van der Waals surface area contributed by atoms with Gasteiger partial charge in [0.2, 0.25) is 5.91 Å². The summed E-state index contributed by atoms with van der Waals surface area (Å²) < 4.78 is 0. The van der Waals surface area contributed by atoms with E-state index in [-0.39, 0.29) is 11.8 Å². The van der Waals surface area contributed by atoms with Crippen LogP contribution in [-0.4, -0.2) is 52.8 Å². The number of likely N-dealkylation sites (N-methyl/N-ethyl adjacent to an activating group) is 1. The fraction of sp³-hybridized carbons (Fsp3) is 0.417. The zero-order chi connectivity index (χ0) is 12.4. The van der Waals surface area contributed by atoms with Crippen molar-refractivity contribution in [2.24, 2.45) is 0 Å². The van der Waals surface area contributed by atoms with Gasteiger partial charge in [-0.1, -0.05) is 6.07 Å². The highest BCUT2D eigenvalue weighted by atomic mass is 16.2. The first-order valence-electron chi connectivity index (χ1n) is 5.58. The van der Waals surface area contributed by atoms with Crippen molar-refractivity contribution in [3.63, 3.8) is 0 Å². The van der Waals surface area contributed by atoms with Crippen molar-refractivity contribution in [3.8, 4) is 0 Å². The Hall–Kier alpha value is -1.91. The molecule has 1 aliphatic heterocycles. The van der Waals surface area contributed by atoms with E-state index >= 15 is 0 Å². The molecule has 1 unspecified atom stereocenters. The van der Waals surface area contributed by atoms with E-state index in [1.165, 1.54) is 0 Å². The maximum absolute atomic E-state index is 12.2. The van der Waals surface area contributed by atoms with E-state index in [1.54, 1.807) is 48.2 Å². The third-order valence-electron chi connectivity index (χ3n) is 3.02. The minimum absolute atomic E-state index is 0.0273. The Morgan fingerprint density at radius 1 is 1.41 bits per heavy atom. The van der Waals surface area contributed by atoms with E-state index in [2.05, 4.69) is 4.98 Å². The SMILES string of the molecule is CC1C(=O)N(C)CCN1C(=O)c1ccccn1. The molecule has 5 nitrogen and oxygen atoms in total. The number of aromatic nitrogens is 1. The number of hydrogen-bond acceptors (Lipinski definition) is 3. The molecule has 1 atom stereocenters. The van der Waals surface area contributed by atoms with Crippen LogP contribution in [0.3, 0.4) is 0 Å². The molecule has 17 heavy (non-hydrogen) atoms. The fourth-order valence-corrected chi connectivity index (χ4v) is 1.93. The molecule has 1 aromatic heterocycles. The molecule has 0 saturated carbocycles. The highest BCUT2D eigenvalue weighted by Gasteiger charge is 2.33. The Morgan fingerprint density at radius 3 is 2.82 bits per heavy atom. The molecule has 1 saturated heterocycles. The second-order valence-corrected chi connectivity index (χ2v) is 4.15. The summed E-state index contributed by atoms with van der Waals surface area (Å²) in [5.74, 6) is -0.208. The van der Waals surface area contributed by atoms with E-state index in [0.29, 0.717) is 18.8 Å². The largest absolute Gasteiger partial charge is 0.342 e. The number of hydrogen-bond donors (Lipinski definition) is 0. The summed E-state index contributed by atoms with van der Waals surface area (Å²) in [6, 6.07) is 4.78. The molecule has 2 heterocycles. The van der Waals surface area contributed by atoms with Gasteiger partial charge in [0, 0.05) is 26.3 Å². The summed E-state index contributed by atoms with van der Waals surface area (Å²) >= 11 is 0. The number of carbonyl (C=O) groups is 2. The normalized spacial score (nSPS) is 20.6. The van der Waals surface area contributed by atoms with Crippen molar-refractivity contribution >= 4 is 11.8 Å². The Labute approximate surface area is 100 Å². The van der Waals surface area contributed by atoms with Gasteiger partial charge in [0.15, 0.2) is 0 Å². The third-order valence-corrected chi connectivity index (χ3v) is 3.02. The van der Waals surface area contributed by atoms with Crippen molar-refractivity contribution in [1.82, 2.24) is 14.8 Å². The van der Waals surface area contributed by atoms with E-state index in [1.807, 2.05) is 0 Å². The quantitative estimate of drug-likeness (QED) is 0.705. The molecule has 2 amide bonds. The van der Waals surface area contributed by atoms with Gasteiger partial charge in [0.25, 0.3) is 5.91 Å². The summed E-state index contributed by atoms with van der Waals surface area (Å²) in [4.78, 5) is 31.2. The molecule has 0 aliphatic carbocycles. The molecule has 0 N–H and O–H groups in total. The number of rotatable bonds is 1. The standard InChI is InChI=1S/C12H15N3O2/c1-9-11(16)14(2)7-8-15(9)12(17)10-5-3-4-6-13-10/h3-6,9H,7-8H2,1-2H3. The molecular weight excluding hydrogens is 218 g/mol. The molecule has 1 fully saturated rings. The van der Waals surface area contributed by atoms with Crippen molar-refractivity contribution in [1.29, 1.82) is 0 Å². The van der Waals surface area contributed by atoms with Crippen LogP contribution < -0.4 is 0 Å². The van der Waals surface area contributed by atoms with Gasteiger partial charge in [0.05, 0.1) is 0 Å². The Morgan fingerprint density at radius 2 is 2.18 bits per heavy atom. The molecule has 5 heteroatoms. The van der Waals surface area contributed by atoms with Crippen molar-refractivity contribution < 1.29 is 9.59 Å². The first kappa shape index (κ1) is 11.6. The summed E-state index contributed by atoms with van der Waals surface area (Å²) in [6.45, 7) is 2.87. The van der Waals surface area contributed by atoms with Gasteiger partial charge in [-0.15, -0.1) is 0 Å². The highest BCUT2D eigenvalue weighted by molar-refractivity contribution is 5.96. The summed E-state index contributed by atoms with van der Waals surface area (Å²) in [5, 5.41) is 0. The monoisotopic (exact) mass is 233 g/mol. The predicted molar refractivity (Wildman–Crippen MR) is 62.4 cm³/mol. The van der Waals surface area contributed by atoms with Crippen LogP contribution in [0.5, 0.6) is 0 Å². The molecule has 0 aromatic carbocycles. The number of carbonyl (C=O) groups excluding carboxylic acids is 2. The summed E-state index contributed by atoms with van der Waals surface area (Å²) in [6.07, 6.45) is 1.58. The number of pyridine rings is 1. The minimum atomic E-state index is -0.414. The lowest BCUT2D eigenvalue weighted by molar-refractivity contribution is -0.137. The maximum Gasteiger partial charge on any atom is 0.273 e. The summed E-state index contributed by atoms with van der Waals surface area (Å²) in [5.41, 5.74) is 0.386. The van der Waals surface area contributed by atoms with Gasteiger partial charge in [-0.3, -0.25) is 14.6 Å². The summed E-state index contributed by atoms with van der Waals surface area (Å²) in [7, 11) is 1.75. The molecule has 0 bridgehead atoms. The molecule has 90 valence electrons. The molecule has 2 rings (SSSR count). The smallest absolute Gasteiger partial charge is 0.273 e. The average Bonchev–Trinajstić information content (AvgIpc) is 2.36. The number of piperazine rings is 1. The predicted octanol–water partition coefficient (Wildman–Crippen LogP) is 0.384. The van der Waals surface area contributed by atoms with Crippen molar-refractivity contribution in [3.05, 3.63) is 30.1 Å². The lowest BCUT2D eigenvalue weighted by Gasteiger charge is -2.37. The molecule has 0 spiro atoms. The number of nitrogens with zero attached hydrogens (tertiary/aromatic N) is 3. The first-order chi connectivity index (χ1) is 8.11. The van der Waals surface area contributed by atoms with E-state index in [9.17, 15) is 9.59 Å². The van der Waals surface area contributed by atoms with Gasteiger partial charge in [-0.05, 0) is 19.1 Å². The zero-order valence-electron chi connectivity index (χ0n) is 9.96. The van der Waals surface area contributed by atoms with Crippen molar-refractivity contribution in [2.75, 3.05) is 20.1 Å². The Kier molecular flexibility index (Phi) is 3.08. The van der Waals surface area contributed by atoms with Crippen LogP contribution in [0.15, 0.2) is 24.4 Å². The van der Waals surface area contributed by atoms with Crippen LogP contribution in [0, 0.1) is 0 Å². The van der Waals surface area contributed by atoms with Crippen LogP contribution in [0.1, 0.15) is 17.4 Å². The molecular formula is C12H15N3O2. The average molecular weight is 233 g/mol. The van der Waals surface area contributed by atoms with Crippen LogP contribution in [-0.2, 0) is 4.79 Å². The molecule has 1 aliphatic rings. The topological polar surface area (TPSA) is 53.5 Å². The lowest BCUT2D eigenvalue weighted by atomic mass is 10.1. The van der Waals surface area contributed by atoms with Gasteiger partial charge in [0.1, 0.15) is 11.7 Å². The van der Waals surface area contributed by atoms with Crippen LogP contribution in [0.2, 0.25) is 0 Å². The van der Waals surface area contributed by atoms with Crippen LogP contribution in [0.4, 0.5) is 0 Å². The first-order valence-corrected chi connectivity index (χ1v) is 5.58. The van der Waals surface area contributed by atoms with Gasteiger partial charge >= 0.3 is 0 Å². The van der Waals surface area contributed by atoms with Crippen LogP contribution in [0.25, 0.3) is 0 Å². The van der Waals surface area contributed by atoms with E-state index in [0.717, 1.165) is 0 Å². The second kappa shape index (κ2) is 4.53. The molecule has 0 radical (unpaired) electrons. The Bertz CT molecular complexity index is 433. The lowest BCUT2D eigenvalue weighted by Crippen LogP contribution is -2.56. The highest BCUT2D eigenvalue weighted by Crippen LogP contribution is 2.12. The Balaban J connectivity index is 2.18. The van der Waals surface area contributed by atoms with Crippen LogP contribution >= 0.6 is 0 Å². The van der Waals surface area contributed by atoms with Gasteiger partial charge < -0.3 is 9.80 Å². The van der Waals surface area contributed by atoms with Gasteiger partial charge in [-0.25, -0.2) is 0 Å².